The first-order chi connectivity index (χ1) is 14.3. The Morgan fingerprint density at radius 3 is 2.83 bits per heavy atom. The first-order valence-corrected chi connectivity index (χ1v) is 9.71. The van der Waals surface area contributed by atoms with E-state index in [2.05, 4.69) is 25.6 Å². The second-order valence-electron chi connectivity index (χ2n) is 6.92. The second-order valence-corrected chi connectivity index (χ2v) is 6.92. The summed E-state index contributed by atoms with van der Waals surface area (Å²) in [5, 5.41) is 26.6. The summed E-state index contributed by atoms with van der Waals surface area (Å²) < 4.78 is 5.91. The Kier molecular flexibility index (Phi) is 5.68. The van der Waals surface area contributed by atoms with Gasteiger partial charge in [-0.25, -0.2) is 9.97 Å². The highest BCUT2D eigenvalue weighted by molar-refractivity contribution is 5.94. The molecule has 1 aromatic carbocycles. The minimum atomic E-state index is 0.0616. The molecule has 0 radical (unpaired) electrons. The molecule has 4 rings (SSSR count). The molecular formula is C21H22N6O2. The third-order valence-corrected chi connectivity index (χ3v) is 4.88. The molecule has 0 amide bonds. The van der Waals surface area contributed by atoms with Gasteiger partial charge in [0.15, 0.2) is 5.82 Å². The van der Waals surface area contributed by atoms with Crippen LogP contribution < -0.4 is 15.4 Å². The molecule has 2 heterocycles. The predicted octanol–water partition coefficient (Wildman–Crippen LogP) is 3.37. The summed E-state index contributed by atoms with van der Waals surface area (Å²) in [6, 6.07) is 9.84. The lowest BCUT2D eigenvalue weighted by Gasteiger charge is -2.14. The molecule has 0 saturated heterocycles. The van der Waals surface area contributed by atoms with Crippen molar-refractivity contribution < 1.29 is 9.84 Å². The van der Waals surface area contributed by atoms with E-state index >= 15 is 0 Å². The van der Waals surface area contributed by atoms with Gasteiger partial charge >= 0.3 is 0 Å². The Labute approximate surface area is 168 Å². The van der Waals surface area contributed by atoms with Crippen LogP contribution in [0.1, 0.15) is 31.4 Å². The zero-order valence-electron chi connectivity index (χ0n) is 15.9. The summed E-state index contributed by atoms with van der Waals surface area (Å²) in [4.78, 5) is 13.1. The molecule has 1 aliphatic carbocycles. The Hall–Kier alpha value is -3.44. The van der Waals surface area contributed by atoms with Gasteiger partial charge in [-0.1, -0.05) is 12.1 Å². The molecule has 3 aromatic rings. The van der Waals surface area contributed by atoms with Gasteiger partial charge in [0.2, 0.25) is 5.69 Å². The molecule has 0 spiro atoms. The van der Waals surface area contributed by atoms with Crippen LogP contribution in [0, 0.1) is 11.3 Å². The average Bonchev–Trinajstić information content (AvgIpc) is 3.25. The predicted molar refractivity (Wildman–Crippen MR) is 110 cm³/mol. The van der Waals surface area contributed by atoms with Gasteiger partial charge in [0.05, 0.1) is 12.8 Å². The van der Waals surface area contributed by atoms with Crippen molar-refractivity contribution in [2.24, 2.45) is 0 Å². The van der Waals surface area contributed by atoms with Gasteiger partial charge in [0.1, 0.15) is 18.0 Å². The lowest BCUT2D eigenvalue weighted by Crippen LogP contribution is -2.14. The van der Waals surface area contributed by atoms with E-state index in [0.717, 1.165) is 42.1 Å². The van der Waals surface area contributed by atoms with Gasteiger partial charge in [0.25, 0.3) is 5.88 Å². The van der Waals surface area contributed by atoms with E-state index in [1.807, 2.05) is 30.3 Å². The highest BCUT2D eigenvalue weighted by Gasteiger charge is 2.20. The third kappa shape index (κ3) is 4.36. The quantitative estimate of drug-likeness (QED) is 0.562. The van der Waals surface area contributed by atoms with E-state index in [4.69, 9.17) is 9.84 Å². The number of aromatic nitrogens is 3. The van der Waals surface area contributed by atoms with Gasteiger partial charge < -0.3 is 20.5 Å². The van der Waals surface area contributed by atoms with Crippen LogP contribution in [0.15, 0.2) is 36.7 Å². The van der Waals surface area contributed by atoms with Crippen molar-refractivity contribution >= 4 is 28.1 Å². The molecule has 0 atom stereocenters. The number of aliphatic hydroxyl groups is 1. The largest absolute Gasteiger partial charge is 0.472 e. The third-order valence-electron chi connectivity index (χ3n) is 4.88. The lowest BCUT2D eigenvalue weighted by atomic mass is 10.1. The van der Waals surface area contributed by atoms with Gasteiger partial charge in [-0.15, -0.1) is 0 Å². The normalized spacial score (nSPS) is 13.9. The fourth-order valence-corrected chi connectivity index (χ4v) is 3.47. The van der Waals surface area contributed by atoms with Crippen molar-refractivity contribution in [3.8, 4) is 11.9 Å². The van der Waals surface area contributed by atoms with E-state index in [0.29, 0.717) is 18.2 Å². The fraction of sp³-hybridized carbons (Fsp3) is 0.333. The van der Waals surface area contributed by atoms with Crippen molar-refractivity contribution in [1.29, 1.82) is 5.26 Å². The zero-order chi connectivity index (χ0) is 20.1. The Morgan fingerprint density at radius 2 is 2.03 bits per heavy atom. The summed E-state index contributed by atoms with van der Waals surface area (Å²) in [6.45, 7) is 0.537. The summed E-state index contributed by atoms with van der Waals surface area (Å²) >= 11 is 0. The van der Waals surface area contributed by atoms with Gasteiger partial charge in [0, 0.05) is 23.8 Å². The number of nitrogens with one attached hydrogen (secondary N) is 2. The van der Waals surface area contributed by atoms with Crippen LogP contribution in [0.5, 0.6) is 5.88 Å². The molecule has 0 aliphatic heterocycles. The Bertz CT molecular complexity index is 1040. The molecule has 8 nitrogen and oxygen atoms in total. The van der Waals surface area contributed by atoms with Crippen molar-refractivity contribution in [3.05, 3.63) is 42.4 Å². The topological polar surface area (TPSA) is 116 Å². The average molecular weight is 390 g/mol. The molecule has 3 N–H and O–H groups in total. The standard InChI is InChI=1S/C21H22N6O2/c22-11-18-21(29-15-5-1-2-6-15)27-20(13-24-18)26-19-10-14-4-3-7-17(23-8-9-28)16(14)12-25-19/h3-4,7,10,12-13,15,23,28H,1-2,5-6,8-9H2,(H,25,26,27). The van der Waals surface area contributed by atoms with Gasteiger partial charge in [-0.05, 0) is 43.2 Å². The number of nitrogens with zero attached hydrogens (tertiary/aromatic N) is 4. The number of hydrogen-bond acceptors (Lipinski definition) is 8. The van der Waals surface area contributed by atoms with Crippen molar-refractivity contribution in [2.75, 3.05) is 23.8 Å². The molecule has 1 fully saturated rings. The van der Waals surface area contributed by atoms with E-state index in [1.54, 1.807) is 6.20 Å². The smallest absolute Gasteiger partial charge is 0.253 e. The summed E-state index contributed by atoms with van der Waals surface area (Å²) in [5.74, 6) is 1.35. The number of anilines is 3. The van der Waals surface area contributed by atoms with Gasteiger partial charge in [-0.3, -0.25) is 0 Å². The molecule has 1 saturated carbocycles. The molecule has 2 aromatic heterocycles. The minimum Gasteiger partial charge on any atom is -0.472 e. The van der Waals surface area contributed by atoms with E-state index in [-0.39, 0.29) is 24.3 Å². The summed E-state index contributed by atoms with van der Waals surface area (Å²) in [6.07, 6.45) is 7.58. The van der Waals surface area contributed by atoms with Crippen molar-refractivity contribution in [1.82, 2.24) is 15.0 Å². The maximum atomic E-state index is 9.29. The number of benzene rings is 1. The van der Waals surface area contributed by atoms with Crippen LogP contribution >= 0.6 is 0 Å². The first kappa shape index (κ1) is 18.9. The van der Waals surface area contributed by atoms with Crippen LogP contribution in [0.4, 0.5) is 17.3 Å². The van der Waals surface area contributed by atoms with Crippen molar-refractivity contribution in [2.45, 2.75) is 31.8 Å². The summed E-state index contributed by atoms with van der Waals surface area (Å²) in [5.41, 5.74) is 1.11. The highest BCUT2D eigenvalue weighted by Crippen LogP contribution is 2.27. The number of hydrogen-bond donors (Lipinski definition) is 3. The van der Waals surface area contributed by atoms with Crippen LogP contribution in [-0.2, 0) is 0 Å². The molecule has 29 heavy (non-hydrogen) atoms. The van der Waals surface area contributed by atoms with E-state index in [1.165, 1.54) is 6.20 Å². The number of nitriles is 1. The monoisotopic (exact) mass is 390 g/mol. The zero-order valence-corrected chi connectivity index (χ0v) is 15.9. The lowest BCUT2D eigenvalue weighted by molar-refractivity contribution is 0.200. The molecular weight excluding hydrogens is 368 g/mol. The van der Waals surface area contributed by atoms with E-state index < -0.39 is 0 Å². The maximum Gasteiger partial charge on any atom is 0.253 e. The number of pyridine rings is 1. The van der Waals surface area contributed by atoms with Crippen LogP contribution in [0.3, 0.4) is 0 Å². The Balaban J connectivity index is 1.57. The van der Waals surface area contributed by atoms with E-state index in [9.17, 15) is 5.26 Å². The second kappa shape index (κ2) is 8.71. The summed E-state index contributed by atoms with van der Waals surface area (Å²) in [7, 11) is 0. The van der Waals surface area contributed by atoms with Crippen molar-refractivity contribution in [3.63, 3.8) is 0 Å². The van der Waals surface area contributed by atoms with Crippen LogP contribution in [-0.4, -0.2) is 39.3 Å². The number of fused-ring (bicyclic) bond motifs is 1. The highest BCUT2D eigenvalue weighted by atomic mass is 16.5. The van der Waals surface area contributed by atoms with Crippen LogP contribution in [0.25, 0.3) is 10.8 Å². The van der Waals surface area contributed by atoms with Crippen LogP contribution in [0.2, 0.25) is 0 Å². The number of rotatable bonds is 7. The van der Waals surface area contributed by atoms with Gasteiger partial charge in [-0.2, -0.15) is 10.2 Å². The maximum absolute atomic E-state index is 9.29. The Morgan fingerprint density at radius 1 is 1.17 bits per heavy atom. The molecule has 148 valence electrons. The number of aliphatic hydroxyl groups excluding tert-OH is 1. The minimum absolute atomic E-state index is 0.0616. The molecule has 1 aliphatic rings. The molecule has 0 unspecified atom stereocenters. The number of ether oxygens (including phenoxy) is 1. The SMILES string of the molecule is N#Cc1ncc(Nc2cc3cccc(NCCO)c3cn2)nc1OC1CCCC1. The molecule has 8 heteroatoms. The first-order valence-electron chi connectivity index (χ1n) is 9.71. The fourth-order valence-electron chi connectivity index (χ4n) is 3.47. The molecule has 0 bridgehead atoms.